The van der Waals surface area contributed by atoms with Crippen molar-refractivity contribution in [3.05, 3.63) is 29.8 Å². The molecule has 0 amide bonds. The summed E-state index contributed by atoms with van der Waals surface area (Å²) in [4.78, 5) is 0. The minimum Gasteiger partial charge on any atom is -0.496 e. The highest BCUT2D eigenvalue weighted by molar-refractivity contribution is 7.91. The third-order valence-corrected chi connectivity index (χ3v) is 5.74. The molecule has 1 aliphatic rings. The van der Waals surface area contributed by atoms with Crippen molar-refractivity contribution in [2.45, 2.75) is 43.5 Å². The van der Waals surface area contributed by atoms with Crippen molar-refractivity contribution in [1.29, 1.82) is 0 Å². The lowest BCUT2D eigenvalue weighted by molar-refractivity contribution is 0.393. The lowest BCUT2D eigenvalue weighted by Gasteiger charge is -2.25. The Kier molecular flexibility index (Phi) is 4.70. The standard InChI is InChI=1S/C15H23NO3S/c1-11(12-7-4-5-9-14(12)19-2)16-13-8-6-10-15(13)20(3,17)18/h4-5,7,9,11,13,15-16H,6,8,10H2,1-3H3/t11-,13?,15?/m1/s1. The molecule has 1 saturated carbocycles. The Morgan fingerprint density at radius 3 is 2.65 bits per heavy atom. The molecule has 1 fully saturated rings. The predicted octanol–water partition coefficient (Wildman–Crippen LogP) is 2.31. The van der Waals surface area contributed by atoms with Crippen LogP contribution < -0.4 is 10.1 Å². The van der Waals surface area contributed by atoms with Gasteiger partial charge in [0, 0.05) is 23.9 Å². The van der Waals surface area contributed by atoms with Crippen LogP contribution >= 0.6 is 0 Å². The number of benzene rings is 1. The van der Waals surface area contributed by atoms with E-state index in [9.17, 15) is 8.42 Å². The molecule has 20 heavy (non-hydrogen) atoms. The zero-order chi connectivity index (χ0) is 14.8. The maximum absolute atomic E-state index is 11.8. The lowest BCUT2D eigenvalue weighted by Crippen LogP contribution is -2.41. The first-order valence-corrected chi connectivity index (χ1v) is 8.96. The van der Waals surface area contributed by atoms with E-state index in [1.165, 1.54) is 6.26 Å². The summed E-state index contributed by atoms with van der Waals surface area (Å²) in [6, 6.07) is 7.95. The van der Waals surface area contributed by atoms with Gasteiger partial charge in [-0.3, -0.25) is 0 Å². The largest absolute Gasteiger partial charge is 0.496 e. The Labute approximate surface area is 121 Å². The quantitative estimate of drug-likeness (QED) is 0.906. The van der Waals surface area contributed by atoms with Gasteiger partial charge in [0.15, 0.2) is 9.84 Å². The van der Waals surface area contributed by atoms with Gasteiger partial charge in [-0.25, -0.2) is 8.42 Å². The summed E-state index contributed by atoms with van der Waals surface area (Å²) in [6.45, 7) is 2.05. The van der Waals surface area contributed by atoms with Crippen molar-refractivity contribution in [3.8, 4) is 5.75 Å². The average Bonchev–Trinajstić information content (AvgIpc) is 2.86. The Morgan fingerprint density at radius 2 is 2.00 bits per heavy atom. The highest BCUT2D eigenvalue weighted by Gasteiger charge is 2.35. The number of hydrogen-bond acceptors (Lipinski definition) is 4. The smallest absolute Gasteiger partial charge is 0.151 e. The molecule has 2 unspecified atom stereocenters. The molecule has 0 aromatic heterocycles. The van der Waals surface area contributed by atoms with Gasteiger partial charge in [-0.05, 0) is 25.8 Å². The van der Waals surface area contributed by atoms with Crippen molar-refractivity contribution < 1.29 is 13.2 Å². The Hall–Kier alpha value is -1.07. The van der Waals surface area contributed by atoms with Gasteiger partial charge < -0.3 is 10.1 Å². The van der Waals surface area contributed by atoms with E-state index >= 15 is 0 Å². The summed E-state index contributed by atoms with van der Waals surface area (Å²) in [7, 11) is -1.34. The summed E-state index contributed by atoms with van der Waals surface area (Å²) in [5, 5.41) is 3.20. The van der Waals surface area contributed by atoms with E-state index in [0.29, 0.717) is 0 Å². The summed E-state index contributed by atoms with van der Waals surface area (Å²) >= 11 is 0. The fourth-order valence-corrected chi connectivity index (χ4v) is 4.47. The van der Waals surface area contributed by atoms with Crippen LogP contribution in [-0.4, -0.2) is 33.1 Å². The molecule has 4 nitrogen and oxygen atoms in total. The molecule has 0 aliphatic heterocycles. The number of rotatable bonds is 5. The van der Waals surface area contributed by atoms with E-state index in [1.807, 2.05) is 24.3 Å². The van der Waals surface area contributed by atoms with Crippen molar-refractivity contribution in [2.24, 2.45) is 0 Å². The van der Waals surface area contributed by atoms with Gasteiger partial charge in [-0.2, -0.15) is 0 Å². The van der Waals surface area contributed by atoms with Gasteiger partial charge in [-0.15, -0.1) is 0 Å². The van der Waals surface area contributed by atoms with Crippen LogP contribution in [0.1, 0.15) is 37.8 Å². The molecule has 0 bridgehead atoms. The van der Waals surface area contributed by atoms with E-state index in [1.54, 1.807) is 7.11 Å². The van der Waals surface area contributed by atoms with Gasteiger partial charge in [0.1, 0.15) is 5.75 Å². The molecule has 0 heterocycles. The van der Waals surface area contributed by atoms with Crippen molar-refractivity contribution >= 4 is 9.84 Å². The second-order valence-corrected chi connectivity index (χ2v) is 7.80. The molecule has 3 atom stereocenters. The van der Waals surface area contributed by atoms with Gasteiger partial charge in [-0.1, -0.05) is 24.6 Å². The monoisotopic (exact) mass is 297 g/mol. The Morgan fingerprint density at radius 1 is 1.30 bits per heavy atom. The number of nitrogens with one attached hydrogen (secondary N) is 1. The summed E-state index contributed by atoms with van der Waals surface area (Å²) in [5.74, 6) is 0.835. The van der Waals surface area contributed by atoms with Crippen LogP contribution in [0, 0.1) is 0 Å². The molecule has 1 aromatic rings. The number of para-hydroxylation sites is 1. The summed E-state index contributed by atoms with van der Waals surface area (Å²) in [6.07, 6.45) is 3.98. The molecule has 0 radical (unpaired) electrons. The summed E-state index contributed by atoms with van der Waals surface area (Å²) < 4.78 is 29.0. The Bertz CT molecular complexity index is 556. The van der Waals surface area contributed by atoms with Gasteiger partial charge in [0.25, 0.3) is 0 Å². The van der Waals surface area contributed by atoms with E-state index in [0.717, 1.165) is 30.6 Å². The molecule has 1 N–H and O–H groups in total. The number of ether oxygens (including phenoxy) is 1. The third-order valence-electron chi connectivity index (χ3n) is 4.07. The van der Waals surface area contributed by atoms with Crippen LogP contribution in [0.25, 0.3) is 0 Å². The highest BCUT2D eigenvalue weighted by atomic mass is 32.2. The van der Waals surface area contributed by atoms with Gasteiger partial charge in [0.2, 0.25) is 0 Å². The number of methoxy groups -OCH3 is 1. The zero-order valence-corrected chi connectivity index (χ0v) is 13.1. The Balaban J connectivity index is 2.13. The van der Waals surface area contributed by atoms with Crippen LogP contribution in [0.5, 0.6) is 5.75 Å². The minimum absolute atomic E-state index is 0.0323. The normalized spacial score (nSPS) is 24.6. The lowest BCUT2D eigenvalue weighted by atomic mass is 10.1. The van der Waals surface area contributed by atoms with E-state index in [-0.39, 0.29) is 17.3 Å². The van der Waals surface area contributed by atoms with E-state index in [4.69, 9.17) is 4.74 Å². The summed E-state index contributed by atoms with van der Waals surface area (Å²) in [5.41, 5.74) is 1.06. The first-order chi connectivity index (χ1) is 9.43. The van der Waals surface area contributed by atoms with Crippen LogP contribution in [0.2, 0.25) is 0 Å². The van der Waals surface area contributed by atoms with E-state index < -0.39 is 9.84 Å². The van der Waals surface area contributed by atoms with Crippen molar-refractivity contribution in [3.63, 3.8) is 0 Å². The maximum atomic E-state index is 11.8. The van der Waals surface area contributed by atoms with Crippen LogP contribution in [0.3, 0.4) is 0 Å². The predicted molar refractivity (Wildman–Crippen MR) is 80.8 cm³/mol. The second kappa shape index (κ2) is 6.14. The fourth-order valence-electron chi connectivity index (χ4n) is 3.06. The second-order valence-electron chi connectivity index (χ2n) is 5.54. The molecule has 0 saturated heterocycles. The number of hydrogen-bond donors (Lipinski definition) is 1. The highest BCUT2D eigenvalue weighted by Crippen LogP contribution is 2.30. The molecule has 1 aliphatic carbocycles. The molecular weight excluding hydrogens is 274 g/mol. The molecule has 1 aromatic carbocycles. The molecule has 2 rings (SSSR count). The van der Waals surface area contributed by atoms with Crippen molar-refractivity contribution in [2.75, 3.05) is 13.4 Å². The first kappa shape index (κ1) is 15.3. The molecule has 0 spiro atoms. The SMILES string of the molecule is COc1ccccc1[C@@H](C)NC1CCCC1S(C)(=O)=O. The fraction of sp³-hybridized carbons (Fsp3) is 0.600. The van der Waals surface area contributed by atoms with Crippen LogP contribution in [-0.2, 0) is 9.84 Å². The van der Waals surface area contributed by atoms with Gasteiger partial charge >= 0.3 is 0 Å². The first-order valence-electron chi connectivity index (χ1n) is 7.01. The minimum atomic E-state index is -2.99. The zero-order valence-electron chi connectivity index (χ0n) is 12.3. The average molecular weight is 297 g/mol. The maximum Gasteiger partial charge on any atom is 0.151 e. The van der Waals surface area contributed by atoms with Gasteiger partial charge in [0.05, 0.1) is 12.4 Å². The number of sulfone groups is 1. The van der Waals surface area contributed by atoms with Crippen LogP contribution in [0.15, 0.2) is 24.3 Å². The topological polar surface area (TPSA) is 55.4 Å². The molecule has 112 valence electrons. The third kappa shape index (κ3) is 3.33. The van der Waals surface area contributed by atoms with E-state index in [2.05, 4.69) is 12.2 Å². The molecular formula is C15H23NO3S. The van der Waals surface area contributed by atoms with Crippen molar-refractivity contribution in [1.82, 2.24) is 5.32 Å². The molecule has 5 heteroatoms. The van der Waals surface area contributed by atoms with Crippen LogP contribution in [0.4, 0.5) is 0 Å².